The topological polar surface area (TPSA) is 43.1 Å². The third kappa shape index (κ3) is 2.23. The van der Waals surface area contributed by atoms with Gasteiger partial charge in [0.1, 0.15) is 0 Å². The van der Waals surface area contributed by atoms with Crippen LogP contribution in [0.15, 0.2) is 55.6 Å². The molecule has 3 rings (SSSR count). The number of nitro benzene ring substituents is 1. The minimum Gasteiger partial charge on any atom is -0.258 e. The molecular weight excluding hydrogens is 294 g/mol. The average Bonchev–Trinajstić information content (AvgIpc) is 2.91. The Morgan fingerprint density at radius 1 is 1.09 bits per heavy atom. The summed E-state index contributed by atoms with van der Waals surface area (Å²) in [4.78, 5) is 11.9. The van der Waals surface area contributed by atoms with Gasteiger partial charge in [-0.2, -0.15) is 0 Å². The van der Waals surface area contributed by atoms with E-state index < -0.39 is 0 Å². The second-order valence-corrected chi connectivity index (χ2v) is 5.86. The van der Waals surface area contributed by atoms with Gasteiger partial charge in [0.15, 0.2) is 0 Å². The minimum atomic E-state index is -0.349. The Morgan fingerprint density at radius 3 is 2.55 bits per heavy atom. The van der Waals surface area contributed by atoms with Crippen molar-refractivity contribution in [3.8, 4) is 11.1 Å². The second-order valence-electron chi connectivity index (χ2n) is 4.77. The first-order valence-electron chi connectivity index (χ1n) is 6.71. The predicted molar refractivity (Wildman–Crippen MR) is 94.1 cm³/mol. The maximum absolute atomic E-state index is 11.2. The fourth-order valence-corrected chi connectivity index (χ4v) is 3.64. The first-order chi connectivity index (χ1) is 10.7. The Kier molecular flexibility index (Phi) is 3.61. The number of rotatable bonds is 4. The molecule has 0 saturated heterocycles. The predicted octanol–water partition coefficient (Wildman–Crippen LogP) is 5.76. The fraction of sp³-hybridized carbons (Fsp3) is 0. The largest absolute Gasteiger partial charge is 0.277 e. The highest BCUT2D eigenvalue weighted by Crippen LogP contribution is 2.37. The summed E-state index contributed by atoms with van der Waals surface area (Å²) in [5.41, 5.74) is 2.64. The zero-order chi connectivity index (χ0) is 15.7. The standard InChI is InChI=1S/C18H13NO2S/c1-3-13-15-10-9-12(11-18(15)22-17(13)4-2)14-7-5-6-8-16(14)19(20)21/h3-11H,1-2H2. The van der Waals surface area contributed by atoms with E-state index in [4.69, 9.17) is 0 Å². The van der Waals surface area contributed by atoms with Crippen LogP contribution >= 0.6 is 11.3 Å². The number of benzene rings is 2. The number of para-hydroxylation sites is 1. The maximum Gasteiger partial charge on any atom is 0.277 e. The fourth-order valence-electron chi connectivity index (χ4n) is 2.54. The summed E-state index contributed by atoms with van der Waals surface area (Å²) in [6.45, 7) is 7.68. The van der Waals surface area contributed by atoms with Crippen LogP contribution in [0, 0.1) is 10.1 Å². The monoisotopic (exact) mass is 307 g/mol. The van der Waals surface area contributed by atoms with Crippen LogP contribution in [0.3, 0.4) is 0 Å². The molecule has 0 spiro atoms. The van der Waals surface area contributed by atoms with E-state index in [9.17, 15) is 10.1 Å². The molecule has 0 saturated carbocycles. The SMILES string of the molecule is C=Cc1sc2cc(-c3ccccc3[N+](=O)[O-])ccc2c1C=C. The smallest absolute Gasteiger partial charge is 0.258 e. The summed E-state index contributed by atoms with van der Waals surface area (Å²) in [5, 5.41) is 12.3. The summed E-state index contributed by atoms with van der Waals surface area (Å²) in [6.07, 6.45) is 3.63. The number of hydrogen-bond acceptors (Lipinski definition) is 3. The van der Waals surface area contributed by atoms with Crippen molar-refractivity contribution in [2.45, 2.75) is 0 Å². The molecule has 3 nitrogen and oxygen atoms in total. The molecule has 1 heterocycles. The Bertz CT molecular complexity index is 909. The summed E-state index contributed by atoms with van der Waals surface area (Å²) < 4.78 is 1.07. The Labute approximate surface area is 132 Å². The summed E-state index contributed by atoms with van der Waals surface area (Å²) in [5.74, 6) is 0. The van der Waals surface area contributed by atoms with Gasteiger partial charge in [0.2, 0.25) is 0 Å². The van der Waals surface area contributed by atoms with Crippen molar-refractivity contribution in [2.75, 3.05) is 0 Å². The lowest BCUT2D eigenvalue weighted by atomic mass is 10.0. The van der Waals surface area contributed by atoms with E-state index in [2.05, 4.69) is 13.2 Å². The molecular formula is C18H13NO2S. The van der Waals surface area contributed by atoms with Crippen molar-refractivity contribution < 1.29 is 4.92 Å². The van der Waals surface area contributed by atoms with Crippen LogP contribution in [0.2, 0.25) is 0 Å². The first-order valence-corrected chi connectivity index (χ1v) is 7.52. The zero-order valence-electron chi connectivity index (χ0n) is 11.8. The lowest BCUT2D eigenvalue weighted by molar-refractivity contribution is -0.384. The van der Waals surface area contributed by atoms with Gasteiger partial charge in [-0.25, -0.2) is 0 Å². The van der Waals surface area contributed by atoms with Crippen LogP contribution in [-0.4, -0.2) is 4.92 Å². The van der Waals surface area contributed by atoms with Gasteiger partial charge in [-0.3, -0.25) is 10.1 Å². The third-order valence-electron chi connectivity index (χ3n) is 3.56. The van der Waals surface area contributed by atoms with E-state index in [1.165, 1.54) is 6.07 Å². The molecule has 4 heteroatoms. The van der Waals surface area contributed by atoms with Gasteiger partial charge in [-0.05, 0) is 23.3 Å². The van der Waals surface area contributed by atoms with Gasteiger partial charge < -0.3 is 0 Å². The van der Waals surface area contributed by atoms with E-state index >= 15 is 0 Å². The van der Waals surface area contributed by atoms with Gasteiger partial charge in [-0.1, -0.05) is 49.6 Å². The zero-order valence-corrected chi connectivity index (χ0v) is 12.6. The molecule has 0 amide bonds. The quantitative estimate of drug-likeness (QED) is 0.454. The molecule has 1 aromatic heterocycles. The molecule has 2 aromatic carbocycles. The number of fused-ring (bicyclic) bond motifs is 1. The number of nitrogens with zero attached hydrogens (tertiary/aromatic N) is 1. The molecule has 0 unspecified atom stereocenters. The van der Waals surface area contributed by atoms with Crippen molar-refractivity contribution in [1.29, 1.82) is 0 Å². The highest BCUT2D eigenvalue weighted by atomic mass is 32.1. The molecule has 0 aliphatic carbocycles. The minimum absolute atomic E-state index is 0.117. The van der Waals surface area contributed by atoms with E-state index in [1.54, 1.807) is 23.5 Å². The Morgan fingerprint density at radius 2 is 1.86 bits per heavy atom. The maximum atomic E-state index is 11.2. The van der Waals surface area contributed by atoms with Crippen molar-refractivity contribution in [3.05, 3.63) is 76.2 Å². The van der Waals surface area contributed by atoms with Gasteiger partial charge in [0, 0.05) is 21.0 Å². The average molecular weight is 307 g/mol. The number of thiophene rings is 1. The lowest BCUT2D eigenvalue weighted by Crippen LogP contribution is -1.91. The Balaban J connectivity index is 2.24. The molecule has 0 atom stereocenters. The van der Waals surface area contributed by atoms with Gasteiger partial charge in [-0.15, -0.1) is 11.3 Å². The van der Waals surface area contributed by atoms with E-state index in [-0.39, 0.29) is 10.6 Å². The van der Waals surface area contributed by atoms with Crippen molar-refractivity contribution in [1.82, 2.24) is 0 Å². The lowest BCUT2D eigenvalue weighted by Gasteiger charge is -2.03. The van der Waals surface area contributed by atoms with Crippen LogP contribution < -0.4 is 0 Å². The summed E-state index contributed by atoms with van der Waals surface area (Å²) >= 11 is 1.61. The van der Waals surface area contributed by atoms with Gasteiger partial charge in [0.25, 0.3) is 5.69 Å². The molecule has 0 aliphatic rings. The molecule has 0 radical (unpaired) electrons. The summed E-state index contributed by atoms with van der Waals surface area (Å²) in [7, 11) is 0. The molecule has 3 aromatic rings. The molecule has 22 heavy (non-hydrogen) atoms. The highest BCUT2D eigenvalue weighted by molar-refractivity contribution is 7.20. The van der Waals surface area contributed by atoms with Gasteiger partial charge >= 0.3 is 0 Å². The normalized spacial score (nSPS) is 10.5. The van der Waals surface area contributed by atoms with E-state index in [0.29, 0.717) is 5.56 Å². The second kappa shape index (κ2) is 5.58. The van der Waals surface area contributed by atoms with Crippen LogP contribution in [0.1, 0.15) is 10.4 Å². The third-order valence-corrected chi connectivity index (χ3v) is 4.72. The van der Waals surface area contributed by atoms with E-state index in [0.717, 1.165) is 26.1 Å². The molecule has 0 N–H and O–H groups in total. The van der Waals surface area contributed by atoms with Crippen molar-refractivity contribution >= 4 is 39.3 Å². The van der Waals surface area contributed by atoms with Crippen LogP contribution in [0.4, 0.5) is 5.69 Å². The highest BCUT2D eigenvalue weighted by Gasteiger charge is 2.15. The van der Waals surface area contributed by atoms with Crippen LogP contribution in [0.5, 0.6) is 0 Å². The number of nitro groups is 1. The van der Waals surface area contributed by atoms with Crippen LogP contribution in [0.25, 0.3) is 33.4 Å². The Hall–Kier alpha value is -2.72. The van der Waals surface area contributed by atoms with Gasteiger partial charge in [0.05, 0.1) is 10.5 Å². The molecule has 0 fully saturated rings. The molecule has 108 valence electrons. The summed E-state index contributed by atoms with van der Waals surface area (Å²) in [6, 6.07) is 12.7. The van der Waals surface area contributed by atoms with E-state index in [1.807, 2.05) is 36.4 Å². The first kappa shape index (κ1) is 14.2. The van der Waals surface area contributed by atoms with Crippen molar-refractivity contribution in [2.24, 2.45) is 0 Å². The van der Waals surface area contributed by atoms with Crippen molar-refractivity contribution in [3.63, 3.8) is 0 Å². The number of hydrogen-bond donors (Lipinski definition) is 0. The molecule has 0 bridgehead atoms. The van der Waals surface area contributed by atoms with Crippen LogP contribution in [-0.2, 0) is 0 Å². The molecule has 0 aliphatic heterocycles.